The van der Waals surface area contributed by atoms with Gasteiger partial charge < -0.3 is 14.2 Å². The van der Waals surface area contributed by atoms with Crippen molar-refractivity contribution in [3.8, 4) is 5.75 Å². The molecule has 0 radical (unpaired) electrons. The average Bonchev–Trinajstić information content (AvgIpc) is 2.75. The highest BCUT2D eigenvalue weighted by molar-refractivity contribution is 5.95. The first kappa shape index (κ1) is 20.5. The maximum absolute atomic E-state index is 12.7. The van der Waals surface area contributed by atoms with E-state index in [9.17, 15) is 9.59 Å². The summed E-state index contributed by atoms with van der Waals surface area (Å²) >= 11 is 0. The van der Waals surface area contributed by atoms with E-state index < -0.39 is 5.97 Å². The second-order valence-corrected chi connectivity index (χ2v) is 6.59. The van der Waals surface area contributed by atoms with Crippen LogP contribution in [0.15, 0.2) is 66.1 Å². The number of benzene rings is 2. The topological polar surface area (TPSA) is 65.1 Å². The molecule has 0 aliphatic carbocycles. The molecule has 0 saturated carbocycles. The van der Waals surface area contributed by atoms with Gasteiger partial charge in [0.15, 0.2) is 5.70 Å². The maximum atomic E-state index is 12.7. The van der Waals surface area contributed by atoms with E-state index >= 15 is 0 Å². The Balaban J connectivity index is 1.87. The molecule has 3 rings (SSSR count). The zero-order valence-electron chi connectivity index (χ0n) is 16.7. The lowest BCUT2D eigenvalue weighted by molar-refractivity contribution is -0.146. The fraction of sp³-hybridized carbons (Fsp3) is 0.304. The molecule has 0 fully saturated rings. The predicted molar refractivity (Wildman–Crippen MR) is 108 cm³/mol. The van der Waals surface area contributed by atoms with Crippen LogP contribution in [0.4, 0.5) is 0 Å². The standard InChI is InChI=1S/C23H25NO5/c1-3-28-23(26)22-20(29-16-18-7-5-4-6-8-18)13-14-21(25)24(22)15-17-9-11-19(27-2)12-10-17/h4-12H,3,13-16H2,1-2H3. The van der Waals surface area contributed by atoms with Crippen LogP contribution in [0.1, 0.15) is 30.9 Å². The van der Waals surface area contributed by atoms with Crippen molar-refractivity contribution in [3.63, 3.8) is 0 Å². The van der Waals surface area contributed by atoms with Crippen molar-refractivity contribution >= 4 is 11.9 Å². The summed E-state index contributed by atoms with van der Waals surface area (Å²) in [6, 6.07) is 17.1. The van der Waals surface area contributed by atoms with Gasteiger partial charge in [0, 0.05) is 12.8 Å². The molecular weight excluding hydrogens is 370 g/mol. The largest absolute Gasteiger partial charge is 0.497 e. The van der Waals surface area contributed by atoms with Crippen molar-refractivity contribution in [2.45, 2.75) is 32.9 Å². The zero-order valence-corrected chi connectivity index (χ0v) is 16.7. The fourth-order valence-electron chi connectivity index (χ4n) is 3.14. The van der Waals surface area contributed by atoms with Gasteiger partial charge in [-0.05, 0) is 30.2 Å². The molecule has 1 amide bonds. The molecule has 0 atom stereocenters. The van der Waals surface area contributed by atoms with E-state index in [1.54, 1.807) is 14.0 Å². The van der Waals surface area contributed by atoms with E-state index in [0.29, 0.717) is 18.8 Å². The van der Waals surface area contributed by atoms with Crippen LogP contribution in [0.25, 0.3) is 0 Å². The summed E-state index contributed by atoms with van der Waals surface area (Å²) in [5.74, 6) is 0.542. The van der Waals surface area contributed by atoms with Gasteiger partial charge in [0.2, 0.25) is 5.91 Å². The second kappa shape index (κ2) is 9.78. The predicted octanol–water partition coefficient (Wildman–Crippen LogP) is 3.81. The summed E-state index contributed by atoms with van der Waals surface area (Å²) in [4.78, 5) is 26.8. The number of nitrogens with zero attached hydrogens (tertiary/aromatic N) is 1. The first-order valence-electron chi connectivity index (χ1n) is 9.62. The summed E-state index contributed by atoms with van der Waals surface area (Å²) in [6.45, 7) is 2.54. The van der Waals surface area contributed by atoms with Crippen molar-refractivity contribution in [1.82, 2.24) is 4.90 Å². The molecule has 0 N–H and O–H groups in total. The van der Waals surface area contributed by atoms with Crippen LogP contribution in [0, 0.1) is 0 Å². The minimum Gasteiger partial charge on any atom is -0.497 e. The van der Waals surface area contributed by atoms with Crippen LogP contribution in [0.3, 0.4) is 0 Å². The number of hydrogen-bond donors (Lipinski definition) is 0. The number of methoxy groups -OCH3 is 1. The first-order valence-corrected chi connectivity index (χ1v) is 9.62. The minimum absolute atomic E-state index is 0.129. The Labute approximate surface area is 170 Å². The van der Waals surface area contributed by atoms with Crippen molar-refractivity contribution in [3.05, 3.63) is 77.2 Å². The van der Waals surface area contributed by atoms with Gasteiger partial charge in [0.1, 0.15) is 18.1 Å². The van der Waals surface area contributed by atoms with Crippen LogP contribution in [0.2, 0.25) is 0 Å². The highest BCUT2D eigenvalue weighted by Crippen LogP contribution is 2.28. The first-order chi connectivity index (χ1) is 14.1. The van der Waals surface area contributed by atoms with Gasteiger partial charge in [-0.25, -0.2) is 4.79 Å². The number of hydrogen-bond acceptors (Lipinski definition) is 5. The Morgan fingerprint density at radius 1 is 1.00 bits per heavy atom. The molecule has 6 heteroatoms. The third-order valence-electron chi connectivity index (χ3n) is 4.63. The quantitative estimate of drug-likeness (QED) is 0.636. The SMILES string of the molecule is CCOC(=O)C1=C(OCc2ccccc2)CCC(=O)N1Cc1ccc(OC)cc1. The number of esters is 1. The molecule has 2 aromatic carbocycles. The lowest BCUT2D eigenvalue weighted by Crippen LogP contribution is -2.38. The number of rotatable bonds is 8. The molecule has 2 aromatic rings. The van der Waals surface area contributed by atoms with Crippen LogP contribution < -0.4 is 4.74 Å². The van der Waals surface area contributed by atoms with E-state index in [2.05, 4.69) is 0 Å². The summed E-state index contributed by atoms with van der Waals surface area (Å²) in [6.07, 6.45) is 0.655. The highest BCUT2D eigenvalue weighted by Gasteiger charge is 2.33. The summed E-state index contributed by atoms with van der Waals surface area (Å²) < 4.78 is 16.4. The molecule has 1 aliphatic rings. The average molecular weight is 395 g/mol. The third kappa shape index (κ3) is 5.16. The second-order valence-electron chi connectivity index (χ2n) is 6.59. The molecule has 0 saturated heterocycles. The van der Waals surface area contributed by atoms with Gasteiger partial charge in [0.25, 0.3) is 0 Å². The van der Waals surface area contributed by atoms with Crippen LogP contribution in [-0.4, -0.2) is 30.5 Å². The van der Waals surface area contributed by atoms with Crippen molar-refractivity contribution in [2.24, 2.45) is 0 Å². The lowest BCUT2D eigenvalue weighted by atomic mass is 10.1. The van der Waals surface area contributed by atoms with Crippen molar-refractivity contribution < 1.29 is 23.8 Å². The Kier molecular flexibility index (Phi) is 6.89. The van der Waals surface area contributed by atoms with Crippen LogP contribution in [-0.2, 0) is 32.2 Å². The zero-order chi connectivity index (χ0) is 20.6. The molecule has 1 heterocycles. The van der Waals surface area contributed by atoms with E-state index in [0.717, 1.165) is 16.9 Å². The van der Waals surface area contributed by atoms with Gasteiger partial charge in [-0.3, -0.25) is 9.69 Å². The van der Waals surface area contributed by atoms with Crippen molar-refractivity contribution in [2.75, 3.05) is 13.7 Å². The summed E-state index contributed by atoms with van der Waals surface area (Å²) in [5, 5.41) is 0. The molecular formula is C23H25NO5. The minimum atomic E-state index is -0.544. The monoisotopic (exact) mass is 395 g/mol. The molecule has 0 spiro atoms. The maximum Gasteiger partial charge on any atom is 0.358 e. The molecule has 29 heavy (non-hydrogen) atoms. The van der Waals surface area contributed by atoms with Crippen LogP contribution in [0.5, 0.6) is 5.75 Å². The number of allylic oxidation sites excluding steroid dienone is 1. The van der Waals surface area contributed by atoms with E-state index in [-0.39, 0.29) is 31.2 Å². The number of ether oxygens (including phenoxy) is 3. The van der Waals surface area contributed by atoms with Gasteiger partial charge in [-0.15, -0.1) is 0 Å². The highest BCUT2D eigenvalue weighted by atomic mass is 16.5. The Morgan fingerprint density at radius 3 is 2.38 bits per heavy atom. The molecule has 152 valence electrons. The molecule has 0 aromatic heterocycles. The lowest BCUT2D eigenvalue weighted by Gasteiger charge is -2.30. The van der Waals surface area contributed by atoms with E-state index in [1.807, 2.05) is 54.6 Å². The Hall–Kier alpha value is -3.28. The number of carbonyl (C=O) groups excluding carboxylic acids is 2. The van der Waals surface area contributed by atoms with Crippen LogP contribution >= 0.6 is 0 Å². The molecule has 1 aliphatic heterocycles. The smallest absolute Gasteiger partial charge is 0.358 e. The Morgan fingerprint density at radius 2 is 1.72 bits per heavy atom. The van der Waals surface area contributed by atoms with Gasteiger partial charge >= 0.3 is 5.97 Å². The van der Waals surface area contributed by atoms with Gasteiger partial charge in [-0.1, -0.05) is 42.5 Å². The normalized spacial score (nSPS) is 14.0. The van der Waals surface area contributed by atoms with Gasteiger partial charge in [0.05, 0.1) is 20.3 Å². The number of carbonyl (C=O) groups is 2. The van der Waals surface area contributed by atoms with Crippen molar-refractivity contribution in [1.29, 1.82) is 0 Å². The summed E-state index contributed by atoms with van der Waals surface area (Å²) in [5.41, 5.74) is 2.06. The molecule has 0 bridgehead atoms. The summed E-state index contributed by atoms with van der Waals surface area (Å²) in [7, 11) is 1.60. The van der Waals surface area contributed by atoms with E-state index in [4.69, 9.17) is 14.2 Å². The van der Waals surface area contributed by atoms with Gasteiger partial charge in [-0.2, -0.15) is 0 Å². The molecule has 0 unspecified atom stereocenters. The Bertz CT molecular complexity index is 874. The molecule has 6 nitrogen and oxygen atoms in total. The number of amides is 1. The van der Waals surface area contributed by atoms with E-state index in [1.165, 1.54) is 4.90 Å². The third-order valence-corrected chi connectivity index (χ3v) is 4.63. The fourth-order valence-corrected chi connectivity index (χ4v) is 3.14.